The van der Waals surface area contributed by atoms with Gasteiger partial charge in [-0.25, -0.2) is 12.8 Å². The zero-order valence-electron chi connectivity index (χ0n) is 12.4. The van der Waals surface area contributed by atoms with Crippen LogP contribution in [-0.4, -0.2) is 38.4 Å². The molecule has 1 fully saturated rings. The molecule has 22 heavy (non-hydrogen) atoms. The number of halogens is 3. The fraction of sp³-hybridized carbons (Fsp3) is 0.571. The van der Waals surface area contributed by atoms with Crippen molar-refractivity contribution in [2.24, 2.45) is 0 Å². The fourth-order valence-corrected chi connectivity index (χ4v) is 4.58. The van der Waals surface area contributed by atoms with E-state index in [1.807, 2.05) is 6.92 Å². The summed E-state index contributed by atoms with van der Waals surface area (Å²) < 4.78 is 39.9. The molecule has 1 aliphatic heterocycles. The van der Waals surface area contributed by atoms with Crippen LogP contribution >= 0.6 is 24.0 Å². The Morgan fingerprint density at radius 1 is 1.45 bits per heavy atom. The maximum Gasteiger partial charge on any atom is 0.218 e. The predicted molar refractivity (Wildman–Crippen MR) is 89.6 cm³/mol. The van der Waals surface area contributed by atoms with E-state index in [0.717, 1.165) is 12.8 Å². The number of piperazine rings is 1. The first-order chi connectivity index (χ1) is 9.94. The Balaban J connectivity index is 0.00000242. The second kappa shape index (κ2) is 8.45. The van der Waals surface area contributed by atoms with Crippen molar-refractivity contribution in [2.75, 3.05) is 19.6 Å². The van der Waals surface area contributed by atoms with Gasteiger partial charge in [-0.1, -0.05) is 31.0 Å². The van der Waals surface area contributed by atoms with Gasteiger partial charge in [0.2, 0.25) is 10.0 Å². The van der Waals surface area contributed by atoms with E-state index >= 15 is 0 Å². The van der Waals surface area contributed by atoms with Crippen molar-refractivity contribution in [3.63, 3.8) is 0 Å². The summed E-state index contributed by atoms with van der Waals surface area (Å²) in [6.07, 6.45) is 1.76. The Bertz CT molecular complexity index is 597. The van der Waals surface area contributed by atoms with Crippen LogP contribution < -0.4 is 5.32 Å². The monoisotopic (exact) mass is 370 g/mol. The third-order valence-corrected chi connectivity index (χ3v) is 5.79. The standard InChI is InChI=1S/C14H20ClFN2O2S.ClH/c1-2-3-12-9-17-6-7-18(12)21(19,20)10-11-4-5-14(16)13(15)8-11;/h4-5,8,12,17H,2-3,6-7,9-10H2,1H3;1H. The van der Waals surface area contributed by atoms with Crippen molar-refractivity contribution in [1.82, 2.24) is 9.62 Å². The number of rotatable bonds is 5. The minimum atomic E-state index is -3.43. The molecule has 0 aromatic heterocycles. The molecular formula is C14H21Cl2FN2O2S. The van der Waals surface area contributed by atoms with Gasteiger partial charge in [-0.15, -0.1) is 12.4 Å². The average molecular weight is 371 g/mol. The molecule has 1 N–H and O–H groups in total. The first-order valence-electron chi connectivity index (χ1n) is 7.08. The average Bonchev–Trinajstić information content (AvgIpc) is 2.43. The number of sulfonamides is 1. The Hall–Kier alpha value is -0.400. The normalized spacial score (nSPS) is 19.7. The van der Waals surface area contributed by atoms with E-state index in [1.165, 1.54) is 18.2 Å². The van der Waals surface area contributed by atoms with Crippen LogP contribution in [0.3, 0.4) is 0 Å². The van der Waals surface area contributed by atoms with E-state index in [4.69, 9.17) is 11.6 Å². The molecule has 0 saturated carbocycles. The molecule has 0 bridgehead atoms. The molecule has 2 rings (SSSR count). The van der Waals surface area contributed by atoms with Crippen LogP contribution in [0.2, 0.25) is 5.02 Å². The molecule has 1 aliphatic rings. The first kappa shape index (κ1) is 19.6. The summed E-state index contributed by atoms with van der Waals surface area (Å²) in [5.74, 6) is -0.684. The highest BCUT2D eigenvalue weighted by molar-refractivity contribution is 7.88. The lowest BCUT2D eigenvalue weighted by Crippen LogP contribution is -2.53. The smallest absolute Gasteiger partial charge is 0.218 e. The molecule has 0 radical (unpaired) electrons. The van der Waals surface area contributed by atoms with E-state index in [2.05, 4.69) is 5.32 Å². The largest absolute Gasteiger partial charge is 0.314 e. The summed E-state index contributed by atoms with van der Waals surface area (Å²) in [5.41, 5.74) is 0.509. The minimum Gasteiger partial charge on any atom is -0.314 e. The van der Waals surface area contributed by atoms with Crippen molar-refractivity contribution in [3.05, 3.63) is 34.6 Å². The van der Waals surface area contributed by atoms with Crippen LogP contribution in [0.1, 0.15) is 25.3 Å². The summed E-state index contributed by atoms with van der Waals surface area (Å²) in [7, 11) is -3.43. The molecule has 0 aliphatic carbocycles. The van der Waals surface area contributed by atoms with E-state index in [9.17, 15) is 12.8 Å². The molecule has 1 unspecified atom stereocenters. The van der Waals surface area contributed by atoms with Gasteiger partial charge in [0.05, 0.1) is 10.8 Å². The van der Waals surface area contributed by atoms with Crippen LogP contribution in [0.25, 0.3) is 0 Å². The number of benzene rings is 1. The lowest BCUT2D eigenvalue weighted by Gasteiger charge is -2.35. The molecule has 8 heteroatoms. The van der Waals surface area contributed by atoms with Gasteiger partial charge in [0.1, 0.15) is 5.82 Å². The lowest BCUT2D eigenvalue weighted by atomic mass is 10.1. The highest BCUT2D eigenvalue weighted by atomic mass is 35.5. The topological polar surface area (TPSA) is 49.4 Å². The Morgan fingerprint density at radius 2 is 2.18 bits per heavy atom. The van der Waals surface area contributed by atoms with Crippen LogP contribution in [0.15, 0.2) is 18.2 Å². The molecule has 0 amide bonds. The quantitative estimate of drug-likeness (QED) is 0.866. The zero-order valence-corrected chi connectivity index (χ0v) is 14.8. The highest BCUT2D eigenvalue weighted by Crippen LogP contribution is 2.21. The maximum atomic E-state index is 13.1. The number of hydrogen-bond acceptors (Lipinski definition) is 3. The second-order valence-electron chi connectivity index (χ2n) is 5.26. The van der Waals surface area contributed by atoms with Gasteiger partial charge in [-0.05, 0) is 24.1 Å². The second-order valence-corrected chi connectivity index (χ2v) is 7.59. The van der Waals surface area contributed by atoms with Crippen LogP contribution in [0, 0.1) is 5.82 Å². The fourth-order valence-electron chi connectivity index (χ4n) is 2.61. The van der Waals surface area contributed by atoms with Gasteiger partial charge in [-0.2, -0.15) is 4.31 Å². The van der Waals surface area contributed by atoms with E-state index < -0.39 is 15.8 Å². The Kier molecular flexibility index (Phi) is 7.55. The minimum absolute atomic E-state index is 0. The predicted octanol–water partition coefficient (Wildman–Crippen LogP) is 2.80. The summed E-state index contributed by atoms with van der Waals surface area (Å²) in [4.78, 5) is 0. The first-order valence-corrected chi connectivity index (χ1v) is 9.07. The molecule has 1 aromatic rings. The van der Waals surface area contributed by atoms with Crippen LogP contribution in [-0.2, 0) is 15.8 Å². The maximum absolute atomic E-state index is 13.1. The van der Waals surface area contributed by atoms with Crippen molar-refractivity contribution in [3.8, 4) is 0 Å². The van der Waals surface area contributed by atoms with E-state index in [0.29, 0.717) is 25.2 Å². The van der Waals surface area contributed by atoms with Crippen LogP contribution in [0.5, 0.6) is 0 Å². The highest BCUT2D eigenvalue weighted by Gasteiger charge is 2.31. The van der Waals surface area contributed by atoms with E-state index in [-0.39, 0.29) is 29.2 Å². The van der Waals surface area contributed by atoms with Crippen molar-refractivity contribution < 1.29 is 12.8 Å². The van der Waals surface area contributed by atoms with Gasteiger partial charge in [0.25, 0.3) is 0 Å². The summed E-state index contributed by atoms with van der Waals surface area (Å²) >= 11 is 5.71. The summed E-state index contributed by atoms with van der Waals surface area (Å²) in [5, 5.41) is 3.18. The Morgan fingerprint density at radius 3 is 2.82 bits per heavy atom. The van der Waals surface area contributed by atoms with Crippen LogP contribution in [0.4, 0.5) is 4.39 Å². The lowest BCUT2D eigenvalue weighted by molar-refractivity contribution is 0.254. The molecular weight excluding hydrogens is 350 g/mol. The molecule has 1 atom stereocenters. The number of nitrogens with zero attached hydrogens (tertiary/aromatic N) is 1. The van der Waals surface area contributed by atoms with Gasteiger partial charge in [0, 0.05) is 25.7 Å². The summed E-state index contributed by atoms with van der Waals surface area (Å²) in [6, 6.07) is 4.04. The van der Waals surface area contributed by atoms with Crippen molar-refractivity contribution in [1.29, 1.82) is 0 Å². The molecule has 4 nitrogen and oxygen atoms in total. The summed E-state index contributed by atoms with van der Waals surface area (Å²) in [6.45, 7) is 3.85. The number of hydrogen-bond donors (Lipinski definition) is 1. The third-order valence-electron chi connectivity index (χ3n) is 3.61. The van der Waals surface area contributed by atoms with Crippen molar-refractivity contribution in [2.45, 2.75) is 31.6 Å². The van der Waals surface area contributed by atoms with Gasteiger partial charge < -0.3 is 5.32 Å². The molecule has 1 heterocycles. The third kappa shape index (κ3) is 4.80. The van der Waals surface area contributed by atoms with Gasteiger partial charge in [-0.3, -0.25) is 0 Å². The SMILES string of the molecule is CCCC1CNCCN1S(=O)(=O)Cc1ccc(F)c(Cl)c1.Cl. The number of nitrogens with one attached hydrogen (secondary N) is 1. The van der Waals surface area contributed by atoms with E-state index in [1.54, 1.807) is 4.31 Å². The molecule has 0 spiro atoms. The molecule has 1 saturated heterocycles. The van der Waals surface area contributed by atoms with Crippen molar-refractivity contribution >= 4 is 34.0 Å². The zero-order chi connectivity index (χ0) is 15.5. The van der Waals surface area contributed by atoms with Gasteiger partial charge >= 0.3 is 0 Å². The Labute approximate surface area is 142 Å². The van der Waals surface area contributed by atoms with Gasteiger partial charge in [0.15, 0.2) is 0 Å². The molecule has 126 valence electrons. The molecule has 1 aromatic carbocycles.